The molecule has 2 nitrogen and oxygen atoms in total. The van der Waals surface area contributed by atoms with E-state index in [4.69, 9.17) is 0 Å². The van der Waals surface area contributed by atoms with Gasteiger partial charge < -0.3 is 5.32 Å². The van der Waals surface area contributed by atoms with Crippen molar-refractivity contribution >= 4 is 5.91 Å². The average molecular weight is 225 g/mol. The van der Waals surface area contributed by atoms with Gasteiger partial charge in [0.25, 0.3) is 0 Å². The summed E-state index contributed by atoms with van der Waals surface area (Å²) < 4.78 is 0. The molecule has 0 radical (unpaired) electrons. The van der Waals surface area contributed by atoms with Crippen molar-refractivity contribution in [1.29, 1.82) is 0 Å². The van der Waals surface area contributed by atoms with Crippen molar-refractivity contribution in [2.24, 2.45) is 5.92 Å². The fourth-order valence-electron chi connectivity index (χ4n) is 2.52. The van der Waals surface area contributed by atoms with Gasteiger partial charge in [-0.05, 0) is 25.2 Å². The number of amides is 1. The van der Waals surface area contributed by atoms with Gasteiger partial charge in [0.05, 0.1) is 0 Å². The maximum Gasteiger partial charge on any atom is 0.219 e. The van der Waals surface area contributed by atoms with E-state index in [-0.39, 0.29) is 5.91 Å². The third-order valence-electron chi connectivity index (χ3n) is 3.59. The molecular weight excluding hydrogens is 198 g/mol. The van der Waals surface area contributed by atoms with Gasteiger partial charge in [-0.1, -0.05) is 45.4 Å². The minimum atomic E-state index is 0.241. The van der Waals surface area contributed by atoms with Crippen LogP contribution in [-0.2, 0) is 4.79 Å². The first kappa shape index (κ1) is 13.5. The zero-order valence-corrected chi connectivity index (χ0v) is 10.8. The van der Waals surface area contributed by atoms with Crippen molar-refractivity contribution in [3.8, 4) is 0 Å². The Balaban J connectivity index is 1.92. The molecule has 1 N–H and O–H groups in total. The normalized spacial score (nSPS) is 17.3. The molecule has 0 aromatic rings. The highest BCUT2D eigenvalue weighted by Crippen LogP contribution is 2.26. The molecule has 0 aromatic carbocycles. The highest BCUT2D eigenvalue weighted by atomic mass is 16.1. The Labute approximate surface area is 100 Å². The lowest BCUT2D eigenvalue weighted by atomic mass is 9.86. The minimum Gasteiger partial charge on any atom is -0.356 e. The van der Waals surface area contributed by atoms with E-state index in [1.54, 1.807) is 0 Å². The molecule has 0 aromatic heterocycles. The van der Waals surface area contributed by atoms with Crippen LogP contribution in [0.15, 0.2) is 0 Å². The number of unbranched alkanes of at least 4 members (excludes halogenated alkanes) is 1. The first-order chi connectivity index (χ1) is 7.83. The maximum atomic E-state index is 11.3. The lowest BCUT2D eigenvalue weighted by molar-refractivity contribution is -0.121. The van der Waals surface area contributed by atoms with Crippen LogP contribution in [0.4, 0.5) is 0 Å². The van der Waals surface area contributed by atoms with Crippen molar-refractivity contribution in [3.05, 3.63) is 0 Å². The zero-order chi connectivity index (χ0) is 11.6. The molecule has 0 atom stereocenters. The molecule has 16 heavy (non-hydrogen) atoms. The second kappa shape index (κ2) is 8.60. The van der Waals surface area contributed by atoms with Gasteiger partial charge in [0.1, 0.15) is 0 Å². The van der Waals surface area contributed by atoms with E-state index >= 15 is 0 Å². The monoisotopic (exact) mass is 225 g/mol. The summed E-state index contributed by atoms with van der Waals surface area (Å²) in [5.74, 6) is 1.19. The topological polar surface area (TPSA) is 29.1 Å². The number of carbonyl (C=O) groups is 1. The van der Waals surface area contributed by atoms with E-state index in [1.165, 1.54) is 44.9 Å². The van der Waals surface area contributed by atoms with E-state index < -0.39 is 0 Å². The molecule has 2 heteroatoms. The van der Waals surface area contributed by atoms with Gasteiger partial charge in [0, 0.05) is 13.0 Å². The molecule has 1 amide bonds. The van der Waals surface area contributed by atoms with Crippen LogP contribution in [0.3, 0.4) is 0 Å². The van der Waals surface area contributed by atoms with E-state index in [0.29, 0.717) is 6.42 Å². The van der Waals surface area contributed by atoms with Crippen LogP contribution in [0, 0.1) is 5.92 Å². The lowest BCUT2D eigenvalue weighted by Crippen LogP contribution is -2.24. The van der Waals surface area contributed by atoms with Crippen LogP contribution >= 0.6 is 0 Å². The Morgan fingerprint density at radius 3 is 2.62 bits per heavy atom. The molecule has 0 spiro atoms. The van der Waals surface area contributed by atoms with Gasteiger partial charge in [-0.15, -0.1) is 0 Å². The van der Waals surface area contributed by atoms with Crippen LogP contribution in [0.2, 0.25) is 0 Å². The zero-order valence-electron chi connectivity index (χ0n) is 10.8. The SMILES string of the molecule is CCCCC(=O)NCCCC1CCCCC1. The summed E-state index contributed by atoms with van der Waals surface area (Å²) in [6.45, 7) is 3.01. The van der Waals surface area contributed by atoms with E-state index in [2.05, 4.69) is 12.2 Å². The fourth-order valence-corrected chi connectivity index (χ4v) is 2.52. The summed E-state index contributed by atoms with van der Waals surface area (Å²) in [5.41, 5.74) is 0. The summed E-state index contributed by atoms with van der Waals surface area (Å²) >= 11 is 0. The number of hydrogen-bond acceptors (Lipinski definition) is 1. The molecule has 0 unspecified atom stereocenters. The predicted octanol–water partition coefficient (Wildman–Crippen LogP) is 3.65. The third-order valence-corrected chi connectivity index (χ3v) is 3.59. The molecule has 94 valence electrons. The first-order valence-corrected chi connectivity index (χ1v) is 7.09. The number of hydrogen-bond donors (Lipinski definition) is 1. The van der Waals surface area contributed by atoms with Gasteiger partial charge in [-0.3, -0.25) is 4.79 Å². The van der Waals surface area contributed by atoms with Gasteiger partial charge in [0.2, 0.25) is 5.91 Å². The number of carbonyl (C=O) groups excluding carboxylic acids is 1. The molecule has 0 bridgehead atoms. The third kappa shape index (κ3) is 6.14. The summed E-state index contributed by atoms with van der Waals surface area (Å²) in [6, 6.07) is 0. The highest BCUT2D eigenvalue weighted by Gasteiger charge is 2.12. The Kier molecular flexibility index (Phi) is 7.28. The quantitative estimate of drug-likeness (QED) is 0.658. The molecule has 1 aliphatic rings. The molecule has 0 saturated heterocycles. The average Bonchev–Trinajstić information content (AvgIpc) is 2.33. The Bertz CT molecular complexity index is 185. The van der Waals surface area contributed by atoms with E-state index in [9.17, 15) is 4.79 Å². The van der Waals surface area contributed by atoms with Crippen LogP contribution in [0.25, 0.3) is 0 Å². The van der Waals surface area contributed by atoms with Crippen LogP contribution in [0.5, 0.6) is 0 Å². The van der Waals surface area contributed by atoms with Gasteiger partial charge in [-0.2, -0.15) is 0 Å². The van der Waals surface area contributed by atoms with Crippen LogP contribution in [-0.4, -0.2) is 12.5 Å². The molecular formula is C14H27NO. The van der Waals surface area contributed by atoms with Crippen molar-refractivity contribution in [3.63, 3.8) is 0 Å². The fraction of sp³-hybridized carbons (Fsp3) is 0.929. The largest absolute Gasteiger partial charge is 0.356 e. The minimum absolute atomic E-state index is 0.241. The Morgan fingerprint density at radius 2 is 1.94 bits per heavy atom. The molecule has 0 heterocycles. The smallest absolute Gasteiger partial charge is 0.219 e. The standard InChI is InChI=1S/C14H27NO/c1-2-3-11-14(16)15-12-7-10-13-8-5-4-6-9-13/h13H,2-12H2,1H3,(H,15,16). The lowest BCUT2D eigenvalue weighted by Gasteiger charge is -2.21. The maximum absolute atomic E-state index is 11.3. The van der Waals surface area contributed by atoms with Crippen molar-refractivity contribution in [2.75, 3.05) is 6.54 Å². The number of rotatable bonds is 7. The van der Waals surface area contributed by atoms with Crippen molar-refractivity contribution in [2.45, 2.75) is 71.1 Å². The van der Waals surface area contributed by atoms with E-state index in [1.807, 2.05) is 0 Å². The van der Waals surface area contributed by atoms with Crippen molar-refractivity contribution < 1.29 is 4.79 Å². The molecule has 0 aliphatic heterocycles. The van der Waals surface area contributed by atoms with Crippen molar-refractivity contribution in [1.82, 2.24) is 5.32 Å². The summed E-state index contributed by atoms with van der Waals surface area (Å²) in [7, 11) is 0. The summed E-state index contributed by atoms with van der Waals surface area (Å²) in [5, 5.41) is 3.02. The molecule has 1 fully saturated rings. The summed E-state index contributed by atoms with van der Waals surface area (Å²) in [4.78, 5) is 11.3. The van der Waals surface area contributed by atoms with Crippen LogP contribution < -0.4 is 5.32 Å². The molecule has 1 aliphatic carbocycles. The molecule has 1 saturated carbocycles. The summed E-state index contributed by atoms with van der Waals surface area (Å²) in [6.07, 6.45) is 12.4. The van der Waals surface area contributed by atoms with Gasteiger partial charge in [0.15, 0.2) is 0 Å². The first-order valence-electron chi connectivity index (χ1n) is 7.09. The second-order valence-corrected chi connectivity index (χ2v) is 5.10. The van der Waals surface area contributed by atoms with Gasteiger partial charge in [-0.25, -0.2) is 0 Å². The number of nitrogens with one attached hydrogen (secondary N) is 1. The van der Waals surface area contributed by atoms with Gasteiger partial charge >= 0.3 is 0 Å². The Hall–Kier alpha value is -0.530. The Morgan fingerprint density at radius 1 is 1.19 bits per heavy atom. The molecule has 1 rings (SSSR count). The second-order valence-electron chi connectivity index (χ2n) is 5.10. The highest BCUT2D eigenvalue weighted by molar-refractivity contribution is 5.75. The predicted molar refractivity (Wildman–Crippen MR) is 68.3 cm³/mol. The van der Waals surface area contributed by atoms with E-state index in [0.717, 1.165) is 25.3 Å². The van der Waals surface area contributed by atoms with Crippen LogP contribution in [0.1, 0.15) is 71.1 Å².